The molecular formula is C8H17NO3S. The van der Waals surface area contributed by atoms with Crippen molar-refractivity contribution in [3.63, 3.8) is 0 Å². The minimum absolute atomic E-state index is 0.0706. The van der Waals surface area contributed by atoms with Crippen molar-refractivity contribution in [3.8, 4) is 0 Å². The molecule has 3 N–H and O–H groups in total. The topological polar surface area (TPSA) is 80.4 Å². The van der Waals surface area contributed by atoms with Crippen LogP contribution in [0, 0.1) is 11.8 Å². The summed E-state index contributed by atoms with van der Waals surface area (Å²) in [7, 11) is -2.79. The smallest absolute Gasteiger partial charge is 0.150 e. The summed E-state index contributed by atoms with van der Waals surface area (Å²) < 4.78 is 22.2. The van der Waals surface area contributed by atoms with Crippen LogP contribution in [0.15, 0.2) is 0 Å². The van der Waals surface area contributed by atoms with Crippen molar-refractivity contribution >= 4 is 9.84 Å². The van der Waals surface area contributed by atoms with Gasteiger partial charge in [0.15, 0.2) is 0 Å². The van der Waals surface area contributed by atoms with Crippen LogP contribution < -0.4 is 5.73 Å². The molecule has 4 nitrogen and oxygen atoms in total. The SMILES string of the molecule is NCC(CO)C1CCS(=O)(=O)CC1. The molecule has 0 aromatic heterocycles. The third-order valence-corrected chi connectivity index (χ3v) is 4.52. The van der Waals surface area contributed by atoms with Crippen molar-refractivity contribution in [1.82, 2.24) is 0 Å². The monoisotopic (exact) mass is 207 g/mol. The first kappa shape index (κ1) is 10.9. The summed E-state index contributed by atoms with van der Waals surface area (Å²) in [6.45, 7) is 0.516. The molecule has 5 heteroatoms. The first-order chi connectivity index (χ1) is 6.09. The zero-order chi connectivity index (χ0) is 9.90. The van der Waals surface area contributed by atoms with Crippen LogP contribution in [0.3, 0.4) is 0 Å². The van der Waals surface area contributed by atoms with Gasteiger partial charge in [0.05, 0.1) is 11.5 Å². The lowest BCUT2D eigenvalue weighted by atomic mass is 9.88. The van der Waals surface area contributed by atoms with E-state index in [0.29, 0.717) is 25.3 Å². The molecule has 1 atom stereocenters. The average Bonchev–Trinajstić information content (AvgIpc) is 2.09. The molecule has 0 bridgehead atoms. The second-order valence-corrected chi connectivity index (χ2v) is 5.97. The third kappa shape index (κ3) is 2.93. The van der Waals surface area contributed by atoms with E-state index >= 15 is 0 Å². The number of aliphatic hydroxyl groups excluding tert-OH is 1. The molecular weight excluding hydrogens is 190 g/mol. The summed E-state index contributed by atoms with van der Waals surface area (Å²) in [6.07, 6.45) is 1.32. The molecule has 1 aliphatic heterocycles. The Morgan fingerprint density at radius 1 is 1.38 bits per heavy atom. The Morgan fingerprint density at radius 2 is 1.92 bits per heavy atom. The average molecular weight is 207 g/mol. The Balaban J connectivity index is 2.49. The fourth-order valence-corrected chi connectivity index (χ4v) is 3.32. The van der Waals surface area contributed by atoms with Gasteiger partial charge in [-0.3, -0.25) is 0 Å². The third-order valence-electron chi connectivity index (χ3n) is 2.80. The molecule has 1 heterocycles. The van der Waals surface area contributed by atoms with Gasteiger partial charge in [0, 0.05) is 6.61 Å². The molecule has 0 saturated carbocycles. The number of hydrogen-bond acceptors (Lipinski definition) is 4. The second-order valence-electron chi connectivity index (χ2n) is 3.67. The fraction of sp³-hybridized carbons (Fsp3) is 1.00. The van der Waals surface area contributed by atoms with Crippen LogP contribution in [0.2, 0.25) is 0 Å². The molecule has 0 aromatic rings. The molecule has 13 heavy (non-hydrogen) atoms. The van der Waals surface area contributed by atoms with Crippen LogP contribution in [0.5, 0.6) is 0 Å². The van der Waals surface area contributed by atoms with Gasteiger partial charge in [0.2, 0.25) is 0 Å². The number of sulfone groups is 1. The van der Waals surface area contributed by atoms with E-state index in [0.717, 1.165) is 0 Å². The molecule has 78 valence electrons. The van der Waals surface area contributed by atoms with E-state index in [1.54, 1.807) is 0 Å². The Hall–Kier alpha value is -0.130. The van der Waals surface area contributed by atoms with Crippen molar-refractivity contribution in [1.29, 1.82) is 0 Å². The normalized spacial score (nSPS) is 25.7. The summed E-state index contributed by atoms with van der Waals surface area (Å²) >= 11 is 0. The summed E-state index contributed by atoms with van der Waals surface area (Å²) in [5.41, 5.74) is 5.47. The Bertz CT molecular complexity index is 232. The first-order valence-electron chi connectivity index (χ1n) is 4.60. The van der Waals surface area contributed by atoms with Crippen LogP contribution in [-0.4, -0.2) is 38.2 Å². The molecule has 1 unspecified atom stereocenters. The molecule has 1 aliphatic rings. The molecule has 1 fully saturated rings. The summed E-state index contributed by atoms with van der Waals surface area (Å²) in [6, 6.07) is 0. The Morgan fingerprint density at radius 3 is 2.31 bits per heavy atom. The zero-order valence-corrected chi connectivity index (χ0v) is 8.46. The fourth-order valence-electron chi connectivity index (χ4n) is 1.80. The van der Waals surface area contributed by atoms with E-state index in [9.17, 15) is 8.42 Å². The molecule has 0 radical (unpaired) electrons. The highest BCUT2D eigenvalue weighted by Crippen LogP contribution is 2.25. The lowest BCUT2D eigenvalue weighted by Gasteiger charge is -2.27. The molecule has 0 spiro atoms. The Labute approximate surface area is 79.0 Å². The summed E-state index contributed by atoms with van der Waals surface area (Å²) in [4.78, 5) is 0. The number of hydrogen-bond donors (Lipinski definition) is 2. The highest BCUT2D eigenvalue weighted by Gasteiger charge is 2.28. The van der Waals surface area contributed by atoms with Gasteiger partial charge in [-0.15, -0.1) is 0 Å². The predicted octanol–water partition coefficient (Wildman–Crippen LogP) is -0.622. The first-order valence-corrected chi connectivity index (χ1v) is 6.42. The number of rotatable bonds is 3. The van der Waals surface area contributed by atoms with E-state index in [4.69, 9.17) is 10.8 Å². The quantitative estimate of drug-likeness (QED) is 0.646. The van der Waals surface area contributed by atoms with Crippen LogP contribution in [0.1, 0.15) is 12.8 Å². The number of nitrogens with two attached hydrogens (primary N) is 1. The highest BCUT2D eigenvalue weighted by atomic mass is 32.2. The largest absolute Gasteiger partial charge is 0.396 e. The van der Waals surface area contributed by atoms with E-state index in [-0.39, 0.29) is 24.0 Å². The molecule has 0 aliphatic carbocycles. The lowest BCUT2D eigenvalue weighted by Crippen LogP contribution is -2.33. The molecule has 1 rings (SSSR count). The van der Waals surface area contributed by atoms with Crippen LogP contribution in [0.4, 0.5) is 0 Å². The van der Waals surface area contributed by atoms with Gasteiger partial charge in [-0.25, -0.2) is 8.42 Å². The van der Waals surface area contributed by atoms with Gasteiger partial charge >= 0.3 is 0 Å². The van der Waals surface area contributed by atoms with E-state index < -0.39 is 9.84 Å². The van der Waals surface area contributed by atoms with Crippen molar-refractivity contribution in [3.05, 3.63) is 0 Å². The van der Waals surface area contributed by atoms with Crippen LogP contribution >= 0.6 is 0 Å². The minimum Gasteiger partial charge on any atom is -0.396 e. The van der Waals surface area contributed by atoms with Crippen LogP contribution in [-0.2, 0) is 9.84 Å². The van der Waals surface area contributed by atoms with Crippen molar-refractivity contribution in [2.45, 2.75) is 12.8 Å². The Kier molecular flexibility index (Phi) is 3.70. The van der Waals surface area contributed by atoms with Gasteiger partial charge < -0.3 is 10.8 Å². The maximum absolute atomic E-state index is 11.1. The molecule has 0 amide bonds. The van der Waals surface area contributed by atoms with Crippen molar-refractivity contribution in [2.75, 3.05) is 24.7 Å². The minimum atomic E-state index is -2.79. The van der Waals surface area contributed by atoms with Crippen LogP contribution in [0.25, 0.3) is 0 Å². The maximum atomic E-state index is 11.1. The second kappa shape index (κ2) is 4.39. The summed E-state index contributed by atoms with van der Waals surface area (Å²) in [5, 5.41) is 8.98. The van der Waals surface area contributed by atoms with E-state index in [1.807, 2.05) is 0 Å². The molecule has 0 aromatic carbocycles. The maximum Gasteiger partial charge on any atom is 0.150 e. The predicted molar refractivity (Wildman–Crippen MR) is 51.0 cm³/mol. The van der Waals surface area contributed by atoms with E-state index in [2.05, 4.69) is 0 Å². The van der Waals surface area contributed by atoms with Gasteiger partial charge in [0.1, 0.15) is 9.84 Å². The van der Waals surface area contributed by atoms with Gasteiger partial charge in [-0.05, 0) is 31.2 Å². The molecule has 1 saturated heterocycles. The summed E-state index contributed by atoms with van der Waals surface area (Å²) in [5.74, 6) is 0.886. The number of aliphatic hydroxyl groups is 1. The lowest BCUT2D eigenvalue weighted by molar-refractivity contribution is 0.172. The standard InChI is InChI=1S/C8H17NO3S/c9-5-8(6-10)7-1-3-13(11,12)4-2-7/h7-8,10H,1-6,9H2. The van der Waals surface area contributed by atoms with Crippen molar-refractivity contribution < 1.29 is 13.5 Å². The zero-order valence-electron chi connectivity index (χ0n) is 7.65. The van der Waals surface area contributed by atoms with Gasteiger partial charge in [-0.1, -0.05) is 0 Å². The highest BCUT2D eigenvalue weighted by molar-refractivity contribution is 7.91. The van der Waals surface area contributed by atoms with Crippen molar-refractivity contribution in [2.24, 2.45) is 17.6 Å². The van der Waals surface area contributed by atoms with Gasteiger partial charge in [-0.2, -0.15) is 0 Å². The van der Waals surface area contributed by atoms with E-state index in [1.165, 1.54) is 0 Å². The van der Waals surface area contributed by atoms with Gasteiger partial charge in [0.25, 0.3) is 0 Å².